The number of rotatable bonds is 6. The van der Waals surface area contributed by atoms with E-state index < -0.39 is 0 Å². The first-order valence-corrected chi connectivity index (χ1v) is 9.74. The lowest BCUT2D eigenvalue weighted by molar-refractivity contribution is 0.105. The van der Waals surface area contributed by atoms with Crippen molar-refractivity contribution in [2.45, 2.75) is 37.9 Å². The Hall–Kier alpha value is -1.30. The second-order valence-electron chi connectivity index (χ2n) is 6.87. The average molecular weight is 346 g/mol. The first-order valence-electron chi connectivity index (χ1n) is 8.75. The summed E-state index contributed by atoms with van der Waals surface area (Å²) in [5, 5.41) is 11.3. The summed E-state index contributed by atoms with van der Waals surface area (Å²) in [6, 6.07) is 8.39. The van der Waals surface area contributed by atoms with Gasteiger partial charge in [-0.3, -0.25) is 4.57 Å². The van der Waals surface area contributed by atoms with Gasteiger partial charge in [0.1, 0.15) is 0 Å². The van der Waals surface area contributed by atoms with E-state index in [1.807, 2.05) is 12.4 Å². The summed E-state index contributed by atoms with van der Waals surface area (Å²) in [6.45, 7) is 7.40. The number of thioether (sulfide) groups is 1. The van der Waals surface area contributed by atoms with Gasteiger partial charge < -0.3 is 10.0 Å². The summed E-state index contributed by atoms with van der Waals surface area (Å²) in [5.41, 5.74) is 2.35. The van der Waals surface area contributed by atoms with Crippen LogP contribution in [0.1, 0.15) is 25.3 Å². The smallest absolute Gasteiger partial charge is 0.172 e. The molecule has 0 radical (unpaired) electrons. The van der Waals surface area contributed by atoms with Gasteiger partial charge in [0.2, 0.25) is 0 Å². The van der Waals surface area contributed by atoms with Crippen LogP contribution in [0.4, 0.5) is 0 Å². The van der Waals surface area contributed by atoms with Crippen molar-refractivity contribution in [3.05, 3.63) is 42.2 Å². The topological polar surface area (TPSA) is 41.3 Å². The van der Waals surface area contributed by atoms with Gasteiger partial charge in [-0.25, -0.2) is 4.98 Å². The van der Waals surface area contributed by atoms with Crippen molar-refractivity contribution in [3.63, 3.8) is 0 Å². The summed E-state index contributed by atoms with van der Waals surface area (Å²) in [6.07, 6.45) is 5.99. The highest BCUT2D eigenvalue weighted by Crippen LogP contribution is 2.22. The molecule has 2 heterocycles. The van der Waals surface area contributed by atoms with Gasteiger partial charge in [-0.2, -0.15) is 0 Å². The van der Waals surface area contributed by atoms with E-state index in [4.69, 9.17) is 0 Å². The molecule has 24 heavy (non-hydrogen) atoms. The maximum atomic E-state index is 10.4. The number of aliphatic hydroxyl groups excluding tert-OH is 1. The van der Waals surface area contributed by atoms with E-state index in [0.29, 0.717) is 5.75 Å². The van der Waals surface area contributed by atoms with Crippen molar-refractivity contribution < 1.29 is 5.11 Å². The Bertz CT molecular complexity index is 650. The number of nitrogens with zero attached hydrogens (tertiary/aromatic N) is 3. The zero-order chi connectivity index (χ0) is 16.9. The Morgan fingerprint density at radius 1 is 1.33 bits per heavy atom. The lowest BCUT2D eigenvalue weighted by atomic mass is 9.99. The number of β-amino-alcohol motifs (C(OH)–C–C–N with tert-alkyl or cyclic N) is 1. The van der Waals surface area contributed by atoms with Crippen LogP contribution < -0.4 is 0 Å². The summed E-state index contributed by atoms with van der Waals surface area (Å²) in [7, 11) is 0. The monoisotopic (exact) mass is 345 g/mol. The number of aliphatic hydroxyl groups is 1. The second-order valence-corrected chi connectivity index (χ2v) is 7.85. The maximum absolute atomic E-state index is 10.4. The number of aryl methyl sites for hydroxylation is 1. The summed E-state index contributed by atoms with van der Waals surface area (Å²) in [5.74, 6) is 1.50. The number of hydrogen-bond donors (Lipinski definition) is 1. The standard InChI is InChI=1S/C19H27N3OS/c1-15-6-9-21(10-7-15)13-18(23)14-24-19-20-8-11-22(19)17-5-3-4-16(2)12-17/h3-5,8,11-12,15,18,23H,6-7,9-10,13-14H2,1-2H3. The molecule has 3 rings (SSSR count). The van der Waals surface area contributed by atoms with Crippen LogP contribution in [-0.2, 0) is 0 Å². The molecule has 1 unspecified atom stereocenters. The number of piperidine rings is 1. The lowest BCUT2D eigenvalue weighted by Gasteiger charge is -2.31. The van der Waals surface area contributed by atoms with E-state index in [1.165, 1.54) is 18.4 Å². The minimum Gasteiger partial charge on any atom is -0.391 e. The molecule has 2 aromatic rings. The molecule has 1 fully saturated rings. The molecular weight excluding hydrogens is 318 g/mol. The van der Waals surface area contributed by atoms with E-state index in [1.54, 1.807) is 11.8 Å². The molecule has 130 valence electrons. The van der Waals surface area contributed by atoms with Crippen LogP contribution in [0, 0.1) is 12.8 Å². The summed E-state index contributed by atoms with van der Waals surface area (Å²) >= 11 is 1.63. The van der Waals surface area contributed by atoms with Crippen molar-refractivity contribution in [2.24, 2.45) is 5.92 Å². The molecule has 4 nitrogen and oxygen atoms in total. The van der Waals surface area contributed by atoms with Gasteiger partial charge in [0.05, 0.1) is 6.10 Å². The molecule has 1 aromatic heterocycles. The van der Waals surface area contributed by atoms with Crippen LogP contribution in [0.3, 0.4) is 0 Å². The third kappa shape index (κ3) is 4.62. The highest BCUT2D eigenvalue weighted by Gasteiger charge is 2.19. The van der Waals surface area contributed by atoms with Crippen LogP contribution in [-0.4, -0.2) is 51.0 Å². The van der Waals surface area contributed by atoms with Gasteiger partial charge in [-0.1, -0.05) is 30.8 Å². The summed E-state index contributed by atoms with van der Waals surface area (Å²) in [4.78, 5) is 6.84. The molecule has 0 aliphatic carbocycles. The molecule has 1 aliphatic rings. The van der Waals surface area contributed by atoms with Gasteiger partial charge in [-0.15, -0.1) is 0 Å². The molecule has 0 spiro atoms. The average Bonchev–Trinajstić information content (AvgIpc) is 3.04. The Morgan fingerprint density at radius 2 is 2.12 bits per heavy atom. The predicted molar refractivity (Wildman–Crippen MR) is 99.9 cm³/mol. The zero-order valence-electron chi connectivity index (χ0n) is 14.6. The Morgan fingerprint density at radius 3 is 2.88 bits per heavy atom. The van der Waals surface area contributed by atoms with Gasteiger partial charge in [-0.05, 0) is 56.5 Å². The second kappa shape index (κ2) is 8.19. The Labute approximate surface area is 148 Å². The SMILES string of the molecule is Cc1cccc(-n2ccnc2SCC(O)CN2CCC(C)CC2)c1. The molecule has 1 aromatic carbocycles. The zero-order valence-corrected chi connectivity index (χ0v) is 15.4. The molecule has 1 atom stereocenters. The first-order chi connectivity index (χ1) is 11.6. The first kappa shape index (κ1) is 17.5. The number of aromatic nitrogens is 2. The Kier molecular flexibility index (Phi) is 5.98. The van der Waals surface area contributed by atoms with E-state index in [-0.39, 0.29) is 6.10 Å². The molecule has 1 saturated heterocycles. The van der Waals surface area contributed by atoms with Crippen molar-refractivity contribution >= 4 is 11.8 Å². The van der Waals surface area contributed by atoms with Crippen LogP contribution in [0.2, 0.25) is 0 Å². The predicted octanol–water partition coefficient (Wildman–Crippen LogP) is 3.37. The van der Waals surface area contributed by atoms with E-state index in [2.05, 4.69) is 52.6 Å². The fourth-order valence-electron chi connectivity index (χ4n) is 3.14. The third-order valence-corrected chi connectivity index (χ3v) is 5.75. The number of imidazole rings is 1. The third-order valence-electron chi connectivity index (χ3n) is 4.64. The van der Waals surface area contributed by atoms with Gasteiger partial charge in [0.25, 0.3) is 0 Å². The fraction of sp³-hybridized carbons (Fsp3) is 0.526. The van der Waals surface area contributed by atoms with Gasteiger partial charge in [0, 0.05) is 30.4 Å². The van der Waals surface area contributed by atoms with Crippen LogP contribution >= 0.6 is 11.8 Å². The highest BCUT2D eigenvalue weighted by molar-refractivity contribution is 7.99. The van der Waals surface area contributed by atoms with Gasteiger partial charge >= 0.3 is 0 Å². The van der Waals surface area contributed by atoms with E-state index in [0.717, 1.165) is 36.4 Å². The van der Waals surface area contributed by atoms with E-state index in [9.17, 15) is 5.11 Å². The molecule has 1 aliphatic heterocycles. The fourth-order valence-corrected chi connectivity index (χ4v) is 4.02. The van der Waals surface area contributed by atoms with Crippen LogP contribution in [0.5, 0.6) is 0 Å². The highest BCUT2D eigenvalue weighted by atomic mass is 32.2. The quantitative estimate of drug-likeness (QED) is 0.815. The largest absolute Gasteiger partial charge is 0.391 e. The molecular formula is C19H27N3OS. The number of hydrogen-bond acceptors (Lipinski definition) is 4. The minimum absolute atomic E-state index is 0.314. The lowest BCUT2D eigenvalue weighted by Crippen LogP contribution is -2.39. The molecule has 0 amide bonds. The summed E-state index contributed by atoms with van der Waals surface area (Å²) < 4.78 is 2.09. The van der Waals surface area contributed by atoms with Crippen LogP contribution in [0.25, 0.3) is 5.69 Å². The van der Waals surface area contributed by atoms with Crippen molar-refractivity contribution in [2.75, 3.05) is 25.4 Å². The number of likely N-dealkylation sites (tertiary alicyclic amines) is 1. The number of benzene rings is 1. The van der Waals surface area contributed by atoms with E-state index >= 15 is 0 Å². The van der Waals surface area contributed by atoms with Crippen molar-refractivity contribution in [3.8, 4) is 5.69 Å². The maximum Gasteiger partial charge on any atom is 0.172 e. The van der Waals surface area contributed by atoms with Crippen molar-refractivity contribution in [1.29, 1.82) is 0 Å². The molecule has 5 heteroatoms. The minimum atomic E-state index is -0.314. The van der Waals surface area contributed by atoms with Gasteiger partial charge in [0.15, 0.2) is 5.16 Å². The van der Waals surface area contributed by atoms with Crippen molar-refractivity contribution in [1.82, 2.24) is 14.5 Å². The molecule has 1 N–H and O–H groups in total. The van der Waals surface area contributed by atoms with Crippen LogP contribution in [0.15, 0.2) is 41.8 Å². The molecule has 0 bridgehead atoms. The molecule has 0 saturated carbocycles. The Balaban J connectivity index is 1.54. The normalized spacial score (nSPS) is 18.0.